The highest BCUT2D eigenvalue weighted by molar-refractivity contribution is 7.89. The van der Waals surface area contributed by atoms with Gasteiger partial charge in [-0.2, -0.15) is 0 Å². The molecule has 0 amide bonds. The van der Waals surface area contributed by atoms with E-state index in [9.17, 15) is 18.3 Å². The lowest BCUT2D eigenvalue weighted by Gasteiger charge is -2.26. The van der Waals surface area contributed by atoms with Crippen LogP contribution >= 0.6 is 11.3 Å². The first-order valence-corrected chi connectivity index (χ1v) is 10.8. The zero-order chi connectivity index (χ0) is 18.9. The number of sulfonamides is 1. The first-order chi connectivity index (χ1) is 12.3. The molecular formula is C18H22N2O4S2. The van der Waals surface area contributed by atoms with Crippen molar-refractivity contribution in [1.29, 1.82) is 0 Å². The third-order valence-corrected chi connectivity index (χ3v) is 7.37. The Morgan fingerprint density at radius 2 is 2.12 bits per heavy atom. The van der Waals surface area contributed by atoms with E-state index in [1.807, 2.05) is 0 Å². The number of benzene rings is 1. The smallest absolute Gasteiger partial charge is 0.335 e. The van der Waals surface area contributed by atoms with Crippen molar-refractivity contribution in [3.05, 3.63) is 50.7 Å². The number of aromatic carboxylic acids is 1. The van der Waals surface area contributed by atoms with Gasteiger partial charge in [-0.05, 0) is 60.5 Å². The summed E-state index contributed by atoms with van der Waals surface area (Å²) in [5.74, 6) is -1.13. The second-order valence-corrected chi connectivity index (χ2v) is 9.25. The second-order valence-electron chi connectivity index (χ2n) is 6.51. The minimum Gasteiger partial charge on any atom is -0.478 e. The molecule has 1 aromatic heterocycles. The molecule has 2 aromatic rings. The summed E-state index contributed by atoms with van der Waals surface area (Å²) in [6, 6.07) is 4.84. The highest BCUT2D eigenvalue weighted by Gasteiger charge is 2.22. The Morgan fingerprint density at radius 3 is 2.85 bits per heavy atom. The number of fused-ring (bicyclic) bond motifs is 1. The molecule has 2 heterocycles. The average molecular weight is 395 g/mol. The number of nitrogens with one attached hydrogen (secondary N) is 1. The third-order valence-electron chi connectivity index (χ3n) is 4.76. The Bertz CT molecular complexity index is 935. The molecule has 0 saturated heterocycles. The number of carbonyl (C=O) groups is 1. The van der Waals surface area contributed by atoms with Gasteiger partial charge in [0, 0.05) is 31.1 Å². The summed E-state index contributed by atoms with van der Waals surface area (Å²) < 4.78 is 27.9. The van der Waals surface area contributed by atoms with Crippen LogP contribution in [-0.2, 0) is 23.0 Å². The Kier molecular flexibility index (Phi) is 5.47. The Balaban J connectivity index is 1.67. The molecule has 2 N–H and O–H groups in total. The fraction of sp³-hybridized carbons (Fsp3) is 0.389. The minimum atomic E-state index is -3.76. The van der Waals surface area contributed by atoms with Crippen molar-refractivity contribution in [2.45, 2.75) is 31.7 Å². The van der Waals surface area contributed by atoms with E-state index in [0.29, 0.717) is 17.7 Å². The maximum absolute atomic E-state index is 12.7. The van der Waals surface area contributed by atoms with Crippen LogP contribution in [0, 0.1) is 13.8 Å². The summed E-state index contributed by atoms with van der Waals surface area (Å²) in [5, 5.41) is 11.3. The molecular weight excluding hydrogens is 372 g/mol. The van der Waals surface area contributed by atoms with Crippen molar-refractivity contribution in [2.75, 3.05) is 19.6 Å². The summed E-state index contributed by atoms with van der Waals surface area (Å²) >= 11 is 1.77. The number of nitrogens with zero attached hydrogens (tertiary/aromatic N) is 1. The highest BCUT2D eigenvalue weighted by atomic mass is 32.2. The van der Waals surface area contributed by atoms with Crippen molar-refractivity contribution >= 4 is 27.3 Å². The number of carboxylic acid groups (broad SMARTS) is 1. The summed E-state index contributed by atoms with van der Waals surface area (Å²) in [6.07, 6.45) is 0.999. The Hall–Kier alpha value is -1.74. The van der Waals surface area contributed by atoms with Crippen LogP contribution in [0.3, 0.4) is 0 Å². The van der Waals surface area contributed by atoms with Crippen LogP contribution in [0.4, 0.5) is 0 Å². The van der Waals surface area contributed by atoms with Crippen LogP contribution in [-0.4, -0.2) is 44.0 Å². The molecule has 0 bridgehead atoms. The zero-order valence-corrected chi connectivity index (χ0v) is 16.4. The molecule has 1 aliphatic heterocycles. The van der Waals surface area contributed by atoms with Gasteiger partial charge in [0.15, 0.2) is 0 Å². The summed E-state index contributed by atoms with van der Waals surface area (Å²) in [5.41, 5.74) is 2.52. The lowest BCUT2D eigenvalue weighted by Crippen LogP contribution is -2.37. The number of thiophene rings is 1. The molecule has 1 aromatic carbocycles. The van der Waals surface area contributed by atoms with Crippen LogP contribution in [0.15, 0.2) is 28.5 Å². The zero-order valence-electron chi connectivity index (χ0n) is 14.8. The van der Waals surface area contributed by atoms with Crippen molar-refractivity contribution in [3.63, 3.8) is 0 Å². The van der Waals surface area contributed by atoms with Gasteiger partial charge in [-0.3, -0.25) is 4.90 Å². The molecule has 1 aliphatic rings. The lowest BCUT2D eigenvalue weighted by molar-refractivity contribution is 0.0696. The number of rotatable bonds is 6. The number of carboxylic acids is 1. The van der Waals surface area contributed by atoms with E-state index in [4.69, 9.17) is 0 Å². The van der Waals surface area contributed by atoms with Crippen LogP contribution in [0.2, 0.25) is 0 Å². The van der Waals surface area contributed by atoms with Crippen LogP contribution < -0.4 is 4.72 Å². The molecule has 8 heteroatoms. The number of aryl methyl sites for hydroxylation is 1. The predicted molar refractivity (Wildman–Crippen MR) is 101 cm³/mol. The van der Waals surface area contributed by atoms with E-state index in [-0.39, 0.29) is 17.0 Å². The molecule has 0 unspecified atom stereocenters. The van der Waals surface area contributed by atoms with Gasteiger partial charge in [-0.1, -0.05) is 0 Å². The van der Waals surface area contributed by atoms with E-state index < -0.39 is 16.0 Å². The van der Waals surface area contributed by atoms with E-state index in [0.717, 1.165) is 19.5 Å². The Morgan fingerprint density at radius 1 is 1.35 bits per heavy atom. The van der Waals surface area contributed by atoms with Crippen LogP contribution in [0.1, 0.15) is 31.9 Å². The minimum absolute atomic E-state index is 0.0190. The molecule has 0 radical (unpaired) electrons. The first-order valence-electron chi connectivity index (χ1n) is 8.40. The van der Waals surface area contributed by atoms with Crippen molar-refractivity contribution < 1.29 is 18.3 Å². The molecule has 26 heavy (non-hydrogen) atoms. The molecule has 0 spiro atoms. The predicted octanol–water partition coefficient (Wildman–Crippen LogP) is 2.40. The lowest BCUT2D eigenvalue weighted by atomic mass is 10.1. The van der Waals surface area contributed by atoms with Gasteiger partial charge in [0.25, 0.3) is 0 Å². The fourth-order valence-corrected chi connectivity index (χ4v) is 5.39. The largest absolute Gasteiger partial charge is 0.478 e. The first kappa shape index (κ1) is 19.0. The van der Waals surface area contributed by atoms with Crippen LogP contribution in [0.25, 0.3) is 0 Å². The van der Waals surface area contributed by atoms with Gasteiger partial charge >= 0.3 is 5.97 Å². The molecule has 0 fully saturated rings. The summed E-state index contributed by atoms with van der Waals surface area (Å²) in [4.78, 5) is 14.9. The molecule has 6 nitrogen and oxygen atoms in total. The fourth-order valence-electron chi connectivity index (χ4n) is 3.14. The average Bonchev–Trinajstić information content (AvgIpc) is 3.04. The third kappa shape index (κ3) is 3.98. The molecule has 0 atom stereocenters. The monoisotopic (exact) mass is 394 g/mol. The van der Waals surface area contributed by atoms with Gasteiger partial charge in [-0.25, -0.2) is 17.9 Å². The molecule has 140 valence electrons. The second kappa shape index (κ2) is 7.48. The highest BCUT2D eigenvalue weighted by Crippen LogP contribution is 2.24. The summed E-state index contributed by atoms with van der Waals surface area (Å²) in [7, 11) is -3.76. The molecule has 0 aliphatic carbocycles. The molecule has 3 rings (SSSR count). The normalized spacial score (nSPS) is 15.0. The van der Waals surface area contributed by atoms with E-state index in [1.165, 1.54) is 22.6 Å². The topological polar surface area (TPSA) is 86.7 Å². The standard InChI is InChI=1S/C18H22N2O4S2/c1-12-9-15(18(21)22)10-17(13(12)2)26(23,24)19-5-7-20-6-3-16-14(11-20)4-8-25-16/h4,8-10,19H,3,5-7,11H2,1-2H3,(H,21,22). The van der Waals surface area contributed by atoms with Crippen molar-refractivity contribution in [1.82, 2.24) is 9.62 Å². The van der Waals surface area contributed by atoms with Crippen molar-refractivity contribution in [3.8, 4) is 0 Å². The molecule has 0 saturated carbocycles. The SMILES string of the molecule is Cc1cc(C(=O)O)cc(S(=O)(=O)NCCN2CCc3sccc3C2)c1C. The van der Waals surface area contributed by atoms with E-state index in [2.05, 4.69) is 21.1 Å². The van der Waals surface area contributed by atoms with Crippen LogP contribution in [0.5, 0.6) is 0 Å². The van der Waals surface area contributed by atoms with Gasteiger partial charge in [-0.15, -0.1) is 11.3 Å². The van der Waals surface area contributed by atoms with Gasteiger partial charge in [0.2, 0.25) is 10.0 Å². The van der Waals surface area contributed by atoms with Gasteiger partial charge in [0.05, 0.1) is 10.5 Å². The van der Waals surface area contributed by atoms with Crippen molar-refractivity contribution in [2.24, 2.45) is 0 Å². The quantitative estimate of drug-likeness (QED) is 0.786. The maximum atomic E-state index is 12.7. The Labute approximate surface area is 157 Å². The number of hydrogen-bond acceptors (Lipinski definition) is 5. The van der Waals surface area contributed by atoms with E-state index >= 15 is 0 Å². The number of hydrogen-bond donors (Lipinski definition) is 2. The maximum Gasteiger partial charge on any atom is 0.335 e. The summed E-state index contributed by atoms with van der Waals surface area (Å²) in [6.45, 7) is 6.07. The van der Waals surface area contributed by atoms with E-state index in [1.54, 1.807) is 25.2 Å². The van der Waals surface area contributed by atoms with Gasteiger partial charge in [0.1, 0.15) is 0 Å². The van der Waals surface area contributed by atoms with Gasteiger partial charge < -0.3 is 5.11 Å².